The second-order valence-corrected chi connectivity index (χ2v) is 14.7. The summed E-state index contributed by atoms with van der Waals surface area (Å²) in [5, 5.41) is 2.80. The van der Waals surface area contributed by atoms with Crippen molar-refractivity contribution in [3.8, 4) is 0 Å². The number of hydrogen-bond donors (Lipinski definition) is 0. The molecule has 144 valence electrons. The Morgan fingerprint density at radius 2 is 1.63 bits per heavy atom. The standard InChI is InChI=1S/C22H29NO2SSi/c1-17-11-13-20(14-12-17)26(24,25)23-15-18(2)22(16-23)19(3)27(4,5)21-9-7-6-8-10-21/h6-14,18H,15-16H2,1-5H3/b22-19+. The van der Waals surface area contributed by atoms with Crippen LogP contribution in [0.4, 0.5) is 0 Å². The zero-order valence-electron chi connectivity index (χ0n) is 16.9. The Kier molecular flexibility index (Phi) is 5.48. The molecule has 1 aliphatic rings. The van der Waals surface area contributed by atoms with Gasteiger partial charge in [-0.05, 0) is 31.9 Å². The first-order valence-electron chi connectivity index (χ1n) is 9.46. The molecule has 1 heterocycles. The van der Waals surface area contributed by atoms with E-state index in [1.165, 1.54) is 16.0 Å². The monoisotopic (exact) mass is 399 g/mol. The smallest absolute Gasteiger partial charge is 0.207 e. The third-order valence-corrected chi connectivity index (χ3v) is 11.8. The van der Waals surface area contributed by atoms with Crippen LogP contribution in [0.1, 0.15) is 19.4 Å². The molecule has 1 saturated heterocycles. The second kappa shape index (κ2) is 7.38. The minimum atomic E-state index is -3.45. The molecule has 27 heavy (non-hydrogen) atoms. The van der Waals surface area contributed by atoms with Gasteiger partial charge in [0.2, 0.25) is 10.0 Å². The van der Waals surface area contributed by atoms with E-state index >= 15 is 0 Å². The van der Waals surface area contributed by atoms with E-state index in [2.05, 4.69) is 51.2 Å². The van der Waals surface area contributed by atoms with Crippen LogP contribution in [0.3, 0.4) is 0 Å². The van der Waals surface area contributed by atoms with Gasteiger partial charge in [-0.3, -0.25) is 0 Å². The van der Waals surface area contributed by atoms with Gasteiger partial charge in [0.15, 0.2) is 0 Å². The van der Waals surface area contributed by atoms with Gasteiger partial charge in [0, 0.05) is 13.1 Å². The SMILES string of the molecule is C/C(=C1/CN(S(=O)(=O)c2ccc(C)cc2)CC1C)[Si](C)(C)c1ccccc1. The summed E-state index contributed by atoms with van der Waals surface area (Å²) in [5.74, 6) is 0.251. The molecule has 1 unspecified atom stereocenters. The third kappa shape index (κ3) is 3.81. The molecule has 3 rings (SSSR count). The highest BCUT2D eigenvalue weighted by Crippen LogP contribution is 2.33. The van der Waals surface area contributed by atoms with Crippen LogP contribution in [0.25, 0.3) is 0 Å². The molecule has 0 N–H and O–H groups in total. The van der Waals surface area contributed by atoms with E-state index in [4.69, 9.17) is 0 Å². The van der Waals surface area contributed by atoms with E-state index in [1.54, 1.807) is 16.4 Å². The number of sulfonamides is 1. The Hall–Kier alpha value is -1.69. The predicted octanol–water partition coefficient (Wildman–Crippen LogP) is 4.11. The van der Waals surface area contributed by atoms with E-state index in [-0.39, 0.29) is 5.92 Å². The fourth-order valence-corrected chi connectivity index (χ4v) is 7.92. The van der Waals surface area contributed by atoms with Crippen molar-refractivity contribution < 1.29 is 8.42 Å². The Morgan fingerprint density at radius 1 is 1.04 bits per heavy atom. The molecule has 0 aromatic heterocycles. The highest BCUT2D eigenvalue weighted by molar-refractivity contribution is 7.89. The molecule has 1 aliphatic heterocycles. The predicted molar refractivity (Wildman–Crippen MR) is 115 cm³/mol. The van der Waals surface area contributed by atoms with Gasteiger partial charge in [-0.2, -0.15) is 4.31 Å². The molecule has 2 aromatic rings. The van der Waals surface area contributed by atoms with Gasteiger partial charge in [0.1, 0.15) is 8.07 Å². The summed E-state index contributed by atoms with van der Waals surface area (Å²) in [6.45, 7) is 12.1. The summed E-state index contributed by atoms with van der Waals surface area (Å²) in [4.78, 5) is 0.388. The Bertz CT molecular complexity index is 948. The zero-order valence-corrected chi connectivity index (χ0v) is 18.7. The number of hydrogen-bond acceptors (Lipinski definition) is 2. The van der Waals surface area contributed by atoms with Gasteiger partial charge in [-0.25, -0.2) is 8.42 Å². The highest BCUT2D eigenvalue weighted by atomic mass is 32.2. The Morgan fingerprint density at radius 3 is 2.22 bits per heavy atom. The molecular weight excluding hydrogens is 370 g/mol. The van der Waals surface area contributed by atoms with Crippen LogP contribution < -0.4 is 5.19 Å². The normalized spacial score (nSPS) is 20.7. The number of rotatable bonds is 4. The van der Waals surface area contributed by atoms with Crippen LogP contribution in [-0.4, -0.2) is 33.9 Å². The van der Waals surface area contributed by atoms with Crippen molar-refractivity contribution in [1.29, 1.82) is 0 Å². The van der Waals surface area contributed by atoms with Crippen molar-refractivity contribution >= 4 is 23.3 Å². The van der Waals surface area contributed by atoms with Gasteiger partial charge in [-0.15, -0.1) is 0 Å². The molecule has 1 atom stereocenters. The summed E-state index contributed by atoms with van der Waals surface area (Å²) in [6.07, 6.45) is 0. The first kappa shape index (κ1) is 20.1. The minimum Gasteiger partial charge on any atom is -0.207 e. The third-order valence-electron chi connectivity index (χ3n) is 5.99. The summed E-state index contributed by atoms with van der Waals surface area (Å²) < 4.78 is 27.8. The average molecular weight is 400 g/mol. The van der Waals surface area contributed by atoms with Gasteiger partial charge in [0.25, 0.3) is 0 Å². The van der Waals surface area contributed by atoms with Crippen LogP contribution in [0.15, 0.2) is 70.3 Å². The molecule has 0 saturated carbocycles. The van der Waals surface area contributed by atoms with E-state index in [1.807, 2.05) is 25.1 Å². The first-order valence-corrected chi connectivity index (χ1v) is 13.9. The average Bonchev–Trinajstić information content (AvgIpc) is 3.04. The second-order valence-electron chi connectivity index (χ2n) is 8.15. The minimum absolute atomic E-state index is 0.251. The fraction of sp³-hybridized carbons (Fsp3) is 0.364. The van der Waals surface area contributed by atoms with Crippen LogP contribution >= 0.6 is 0 Å². The lowest BCUT2D eigenvalue weighted by Crippen LogP contribution is -2.44. The van der Waals surface area contributed by atoms with Gasteiger partial charge in [-0.1, -0.05) is 84.0 Å². The van der Waals surface area contributed by atoms with Crippen LogP contribution in [-0.2, 0) is 10.0 Å². The van der Waals surface area contributed by atoms with Gasteiger partial charge in [0.05, 0.1) is 4.90 Å². The van der Waals surface area contributed by atoms with Crippen LogP contribution in [0.5, 0.6) is 0 Å². The molecular formula is C22H29NO2SSi. The Labute approximate surface area is 164 Å². The van der Waals surface area contributed by atoms with Gasteiger partial charge >= 0.3 is 0 Å². The van der Waals surface area contributed by atoms with Crippen molar-refractivity contribution in [2.75, 3.05) is 13.1 Å². The highest BCUT2D eigenvalue weighted by Gasteiger charge is 2.37. The van der Waals surface area contributed by atoms with Crippen molar-refractivity contribution in [1.82, 2.24) is 4.31 Å². The maximum Gasteiger partial charge on any atom is 0.243 e. The molecule has 0 spiro atoms. The molecule has 3 nitrogen and oxygen atoms in total. The topological polar surface area (TPSA) is 37.4 Å². The summed E-state index contributed by atoms with van der Waals surface area (Å²) in [5.41, 5.74) is 2.36. The molecule has 0 bridgehead atoms. The van der Waals surface area contributed by atoms with Crippen LogP contribution in [0, 0.1) is 12.8 Å². The molecule has 2 aromatic carbocycles. The molecule has 1 fully saturated rings. The lowest BCUT2D eigenvalue weighted by molar-refractivity contribution is 0.464. The maximum absolute atomic E-state index is 13.1. The number of aryl methyl sites for hydroxylation is 1. The van der Waals surface area contributed by atoms with Crippen molar-refractivity contribution in [3.05, 3.63) is 70.9 Å². The lowest BCUT2D eigenvalue weighted by atomic mass is 10.1. The Balaban J connectivity index is 1.94. The van der Waals surface area contributed by atoms with Crippen molar-refractivity contribution in [2.45, 2.75) is 38.8 Å². The van der Waals surface area contributed by atoms with Gasteiger partial charge < -0.3 is 0 Å². The molecule has 0 radical (unpaired) electrons. The number of allylic oxidation sites excluding steroid dienone is 1. The number of benzene rings is 2. The van der Waals surface area contributed by atoms with Crippen LogP contribution in [0.2, 0.25) is 13.1 Å². The quantitative estimate of drug-likeness (QED) is 0.726. The molecule has 0 aliphatic carbocycles. The van der Waals surface area contributed by atoms with E-state index < -0.39 is 18.1 Å². The van der Waals surface area contributed by atoms with Crippen molar-refractivity contribution in [3.63, 3.8) is 0 Å². The van der Waals surface area contributed by atoms with E-state index in [0.717, 1.165) is 5.56 Å². The zero-order chi connectivity index (χ0) is 19.8. The van der Waals surface area contributed by atoms with E-state index in [0.29, 0.717) is 18.0 Å². The van der Waals surface area contributed by atoms with Crippen molar-refractivity contribution in [2.24, 2.45) is 5.92 Å². The van der Waals surface area contributed by atoms with E-state index in [9.17, 15) is 8.42 Å². The number of nitrogens with zero attached hydrogens (tertiary/aromatic N) is 1. The first-order chi connectivity index (χ1) is 12.6. The lowest BCUT2D eigenvalue weighted by Gasteiger charge is -2.27. The maximum atomic E-state index is 13.1. The largest absolute Gasteiger partial charge is 0.243 e. The molecule has 5 heteroatoms. The fourth-order valence-electron chi connectivity index (χ4n) is 3.83. The summed E-state index contributed by atoms with van der Waals surface area (Å²) in [7, 11) is -5.26. The summed E-state index contributed by atoms with van der Waals surface area (Å²) in [6, 6.07) is 17.8. The molecule has 0 amide bonds. The summed E-state index contributed by atoms with van der Waals surface area (Å²) >= 11 is 0.